The fourth-order valence-corrected chi connectivity index (χ4v) is 3.53. The molecule has 98 valence electrons. The van der Waals surface area contributed by atoms with Crippen LogP contribution in [0, 0.1) is 5.82 Å². The fourth-order valence-electron chi connectivity index (χ4n) is 1.87. The SMILES string of the molecule is CCC1(CC)CSC(Nc2cc(F)ccc2Br)=N1. The van der Waals surface area contributed by atoms with Crippen LogP contribution in [0.3, 0.4) is 0 Å². The Balaban J connectivity index is 2.18. The Labute approximate surface area is 120 Å². The molecule has 0 bridgehead atoms. The highest BCUT2D eigenvalue weighted by atomic mass is 79.9. The maximum atomic E-state index is 13.2. The first-order chi connectivity index (χ1) is 8.58. The van der Waals surface area contributed by atoms with Gasteiger partial charge < -0.3 is 5.32 Å². The van der Waals surface area contributed by atoms with Crippen LogP contribution in [0.5, 0.6) is 0 Å². The summed E-state index contributed by atoms with van der Waals surface area (Å²) in [4.78, 5) is 4.75. The zero-order chi connectivity index (χ0) is 13.2. The molecule has 0 radical (unpaired) electrons. The summed E-state index contributed by atoms with van der Waals surface area (Å²) in [5.41, 5.74) is 0.775. The van der Waals surface area contributed by atoms with Crippen molar-refractivity contribution in [2.45, 2.75) is 32.2 Å². The van der Waals surface area contributed by atoms with Gasteiger partial charge in [-0.1, -0.05) is 25.6 Å². The number of anilines is 1. The van der Waals surface area contributed by atoms with Crippen LogP contribution in [0.4, 0.5) is 10.1 Å². The number of aliphatic imine (C=N–C) groups is 1. The van der Waals surface area contributed by atoms with E-state index in [4.69, 9.17) is 4.99 Å². The molecule has 0 amide bonds. The van der Waals surface area contributed by atoms with Crippen molar-refractivity contribution < 1.29 is 4.39 Å². The summed E-state index contributed by atoms with van der Waals surface area (Å²) in [5, 5.41) is 4.08. The number of nitrogens with zero attached hydrogens (tertiary/aromatic N) is 1. The van der Waals surface area contributed by atoms with Crippen molar-refractivity contribution in [3.8, 4) is 0 Å². The normalized spacial score (nSPS) is 17.7. The van der Waals surface area contributed by atoms with E-state index in [-0.39, 0.29) is 11.4 Å². The first kappa shape index (κ1) is 13.9. The minimum atomic E-state index is -0.249. The molecule has 0 saturated carbocycles. The van der Waals surface area contributed by atoms with E-state index >= 15 is 0 Å². The Morgan fingerprint density at radius 3 is 2.78 bits per heavy atom. The van der Waals surface area contributed by atoms with Crippen LogP contribution in [-0.2, 0) is 0 Å². The molecule has 1 aromatic carbocycles. The van der Waals surface area contributed by atoms with Crippen LogP contribution in [0.1, 0.15) is 26.7 Å². The van der Waals surface area contributed by atoms with Gasteiger partial charge in [-0.3, -0.25) is 4.99 Å². The lowest BCUT2D eigenvalue weighted by Crippen LogP contribution is -2.24. The van der Waals surface area contributed by atoms with Crippen LogP contribution >= 0.6 is 27.7 Å². The monoisotopic (exact) mass is 330 g/mol. The number of amidine groups is 1. The minimum absolute atomic E-state index is 0.0484. The topological polar surface area (TPSA) is 24.4 Å². The summed E-state index contributed by atoms with van der Waals surface area (Å²) in [5.74, 6) is 0.747. The van der Waals surface area contributed by atoms with E-state index in [1.54, 1.807) is 17.8 Å². The number of thioether (sulfide) groups is 1. The zero-order valence-corrected chi connectivity index (χ0v) is 12.9. The number of hydrogen-bond donors (Lipinski definition) is 1. The molecule has 1 aromatic rings. The second kappa shape index (κ2) is 5.61. The Kier molecular flexibility index (Phi) is 4.33. The van der Waals surface area contributed by atoms with Crippen LogP contribution in [0.25, 0.3) is 0 Å². The first-order valence-electron chi connectivity index (χ1n) is 6.03. The zero-order valence-electron chi connectivity index (χ0n) is 10.5. The summed E-state index contributed by atoms with van der Waals surface area (Å²) in [7, 11) is 0. The quantitative estimate of drug-likeness (QED) is 0.871. The fraction of sp³-hybridized carbons (Fsp3) is 0.462. The molecule has 0 atom stereocenters. The summed E-state index contributed by atoms with van der Waals surface area (Å²) < 4.78 is 14.0. The lowest BCUT2D eigenvalue weighted by atomic mass is 9.97. The summed E-state index contributed by atoms with van der Waals surface area (Å²) in [6.07, 6.45) is 2.07. The van der Waals surface area contributed by atoms with Crippen LogP contribution in [-0.4, -0.2) is 16.5 Å². The van der Waals surface area contributed by atoms with Gasteiger partial charge in [-0.25, -0.2) is 4.39 Å². The van der Waals surface area contributed by atoms with Crippen molar-refractivity contribution in [2.24, 2.45) is 4.99 Å². The van der Waals surface area contributed by atoms with Crippen molar-refractivity contribution in [3.05, 3.63) is 28.5 Å². The highest BCUT2D eigenvalue weighted by molar-refractivity contribution is 9.10. The van der Waals surface area contributed by atoms with E-state index in [2.05, 4.69) is 35.1 Å². The average molecular weight is 331 g/mol. The molecule has 1 heterocycles. The second-order valence-electron chi connectivity index (χ2n) is 4.39. The lowest BCUT2D eigenvalue weighted by Gasteiger charge is -2.20. The molecule has 1 N–H and O–H groups in total. The molecule has 0 aliphatic carbocycles. The van der Waals surface area contributed by atoms with Gasteiger partial charge in [0, 0.05) is 10.2 Å². The molecule has 2 rings (SSSR count). The van der Waals surface area contributed by atoms with Gasteiger partial charge in [0.25, 0.3) is 0 Å². The van der Waals surface area contributed by atoms with E-state index in [9.17, 15) is 4.39 Å². The Bertz CT molecular complexity index is 472. The predicted octanol–water partition coefficient (Wildman–Crippen LogP) is 4.66. The van der Waals surface area contributed by atoms with Gasteiger partial charge in [-0.2, -0.15) is 0 Å². The van der Waals surface area contributed by atoms with E-state index in [0.717, 1.165) is 33.9 Å². The van der Waals surface area contributed by atoms with Crippen LogP contribution in [0.2, 0.25) is 0 Å². The first-order valence-corrected chi connectivity index (χ1v) is 7.81. The van der Waals surface area contributed by atoms with Crippen molar-refractivity contribution in [2.75, 3.05) is 11.1 Å². The van der Waals surface area contributed by atoms with Gasteiger partial charge in [0.05, 0.1) is 11.2 Å². The molecule has 5 heteroatoms. The molecule has 1 aliphatic rings. The van der Waals surface area contributed by atoms with E-state index in [1.165, 1.54) is 12.1 Å². The summed E-state index contributed by atoms with van der Waals surface area (Å²) >= 11 is 5.11. The van der Waals surface area contributed by atoms with Gasteiger partial charge >= 0.3 is 0 Å². The number of benzene rings is 1. The molecule has 0 aromatic heterocycles. The van der Waals surface area contributed by atoms with Gasteiger partial charge in [-0.15, -0.1) is 0 Å². The molecular weight excluding hydrogens is 315 g/mol. The van der Waals surface area contributed by atoms with Gasteiger partial charge in [0.1, 0.15) is 5.82 Å². The standard InChI is InChI=1S/C13H16BrFN2S/c1-3-13(4-2)8-18-12(17-13)16-11-7-9(15)5-6-10(11)14/h5-7H,3-4,8H2,1-2H3,(H,16,17). The number of nitrogens with one attached hydrogen (secondary N) is 1. The maximum Gasteiger partial charge on any atom is 0.161 e. The Morgan fingerprint density at radius 1 is 1.44 bits per heavy atom. The summed E-state index contributed by atoms with van der Waals surface area (Å²) in [6.45, 7) is 4.32. The van der Waals surface area contributed by atoms with Crippen molar-refractivity contribution in [1.82, 2.24) is 0 Å². The van der Waals surface area contributed by atoms with E-state index in [0.29, 0.717) is 0 Å². The minimum Gasteiger partial charge on any atom is -0.334 e. The highest BCUT2D eigenvalue weighted by Gasteiger charge is 2.32. The van der Waals surface area contributed by atoms with Crippen molar-refractivity contribution in [1.29, 1.82) is 0 Å². The lowest BCUT2D eigenvalue weighted by molar-refractivity contribution is 0.456. The third-order valence-corrected chi connectivity index (χ3v) is 5.14. The van der Waals surface area contributed by atoms with Crippen LogP contribution in [0.15, 0.2) is 27.7 Å². The molecule has 0 unspecified atom stereocenters. The van der Waals surface area contributed by atoms with Crippen LogP contribution < -0.4 is 5.32 Å². The average Bonchev–Trinajstić information content (AvgIpc) is 2.78. The highest BCUT2D eigenvalue weighted by Crippen LogP contribution is 2.34. The smallest absolute Gasteiger partial charge is 0.161 e. The van der Waals surface area contributed by atoms with Gasteiger partial charge in [0.15, 0.2) is 5.17 Å². The molecular formula is C13H16BrFN2S. The number of halogens is 2. The van der Waals surface area contributed by atoms with Gasteiger partial charge in [0.2, 0.25) is 0 Å². The van der Waals surface area contributed by atoms with Crippen molar-refractivity contribution >= 4 is 38.5 Å². The Morgan fingerprint density at radius 2 is 2.17 bits per heavy atom. The third-order valence-electron chi connectivity index (χ3n) is 3.30. The molecule has 0 saturated heterocycles. The number of rotatable bonds is 3. The van der Waals surface area contributed by atoms with Crippen molar-refractivity contribution in [3.63, 3.8) is 0 Å². The number of hydrogen-bond acceptors (Lipinski definition) is 3. The third kappa shape index (κ3) is 2.88. The largest absolute Gasteiger partial charge is 0.334 e. The maximum absolute atomic E-state index is 13.2. The predicted molar refractivity (Wildman–Crippen MR) is 80.9 cm³/mol. The molecule has 18 heavy (non-hydrogen) atoms. The molecule has 0 spiro atoms. The van der Waals surface area contributed by atoms with E-state index < -0.39 is 0 Å². The Hall–Kier alpha value is -0.550. The van der Waals surface area contributed by atoms with Gasteiger partial charge in [-0.05, 0) is 47.0 Å². The molecule has 2 nitrogen and oxygen atoms in total. The summed E-state index contributed by atoms with van der Waals surface area (Å²) in [6, 6.07) is 4.61. The van der Waals surface area contributed by atoms with E-state index in [1.807, 2.05) is 0 Å². The molecule has 0 fully saturated rings. The second-order valence-corrected chi connectivity index (χ2v) is 6.20. The molecule has 1 aliphatic heterocycles.